The zero-order valence-electron chi connectivity index (χ0n) is 12.3. The second-order valence-corrected chi connectivity index (χ2v) is 4.95. The van der Waals surface area contributed by atoms with Gasteiger partial charge in [-0.3, -0.25) is 19.7 Å². The van der Waals surface area contributed by atoms with E-state index in [1.54, 1.807) is 18.2 Å². The Balaban J connectivity index is 2.03. The number of nitro groups is 1. The highest BCUT2D eigenvalue weighted by molar-refractivity contribution is 6.26. The van der Waals surface area contributed by atoms with E-state index in [2.05, 4.69) is 0 Å². The Kier molecular flexibility index (Phi) is 5.81. The number of nitrogens with zero attached hydrogens (tertiary/aromatic N) is 1. The molecule has 0 saturated heterocycles. The molecule has 6 nitrogen and oxygen atoms in total. The van der Waals surface area contributed by atoms with E-state index in [0.717, 1.165) is 0 Å². The fraction of sp³-hybridized carbons (Fsp3) is 0.0588. The second-order valence-electron chi connectivity index (χ2n) is 4.68. The van der Waals surface area contributed by atoms with Gasteiger partial charge in [0, 0.05) is 17.7 Å². The van der Waals surface area contributed by atoms with E-state index in [-0.39, 0.29) is 17.4 Å². The minimum absolute atomic E-state index is 0.0134. The van der Waals surface area contributed by atoms with Crippen LogP contribution in [0.5, 0.6) is 5.75 Å². The lowest BCUT2D eigenvalue weighted by Gasteiger charge is -2.02. The van der Waals surface area contributed by atoms with Gasteiger partial charge in [0.1, 0.15) is 11.6 Å². The van der Waals surface area contributed by atoms with Gasteiger partial charge >= 0.3 is 5.97 Å². The summed E-state index contributed by atoms with van der Waals surface area (Å²) in [6.07, 6.45) is 2.93. The van der Waals surface area contributed by atoms with Crippen molar-refractivity contribution in [2.45, 2.75) is 0 Å². The van der Waals surface area contributed by atoms with Crippen LogP contribution >= 0.6 is 11.6 Å². The molecule has 0 spiro atoms. The molecule has 0 heterocycles. The zero-order chi connectivity index (χ0) is 17.5. The van der Waals surface area contributed by atoms with Gasteiger partial charge < -0.3 is 4.74 Å². The third kappa shape index (κ3) is 4.76. The Bertz CT molecular complexity index is 782. The van der Waals surface area contributed by atoms with Crippen LogP contribution in [0.4, 0.5) is 5.69 Å². The van der Waals surface area contributed by atoms with E-state index in [4.69, 9.17) is 16.3 Å². The standard InChI is InChI=1S/C17H12ClNO5/c18-11-17(21)24-15-8-4-13(5-9-15)16(20)10-3-12-1-6-14(7-2-12)19(22)23/h1-10H,11H2/b10-3+. The molecule has 0 amide bonds. The first kappa shape index (κ1) is 17.4. The van der Waals surface area contributed by atoms with Gasteiger partial charge in [-0.2, -0.15) is 0 Å². The lowest BCUT2D eigenvalue weighted by Crippen LogP contribution is -2.08. The van der Waals surface area contributed by atoms with Crippen LogP contribution in [0.15, 0.2) is 54.6 Å². The Labute approximate surface area is 142 Å². The fourth-order valence-electron chi connectivity index (χ4n) is 1.82. The Morgan fingerprint density at radius 2 is 1.71 bits per heavy atom. The van der Waals surface area contributed by atoms with Gasteiger partial charge in [-0.25, -0.2) is 0 Å². The van der Waals surface area contributed by atoms with Crippen molar-refractivity contribution in [2.24, 2.45) is 0 Å². The Morgan fingerprint density at radius 1 is 1.08 bits per heavy atom. The van der Waals surface area contributed by atoms with Crippen LogP contribution in [0.25, 0.3) is 6.08 Å². The van der Waals surface area contributed by atoms with E-state index >= 15 is 0 Å². The van der Waals surface area contributed by atoms with E-state index in [1.165, 1.54) is 42.5 Å². The number of esters is 1. The van der Waals surface area contributed by atoms with Crippen LogP contribution in [0, 0.1) is 10.1 Å². The highest BCUT2D eigenvalue weighted by Gasteiger charge is 2.06. The first-order valence-electron chi connectivity index (χ1n) is 6.83. The Morgan fingerprint density at radius 3 is 2.25 bits per heavy atom. The van der Waals surface area contributed by atoms with Crippen molar-refractivity contribution in [3.05, 3.63) is 75.8 Å². The van der Waals surface area contributed by atoms with Crippen LogP contribution in [0.3, 0.4) is 0 Å². The van der Waals surface area contributed by atoms with Crippen molar-refractivity contribution in [1.29, 1.82) is 0 Å². The van der Waals surface area contributed by atoms with E-state index < -0.39 is 10.9 Å². The van der Waals surface area contributed by atoms with Crippen molar-refractivity contribution in [3.63, 3.8) is 0 Å². The molecule has 2 aromatic rings. The van der Waals surface area contributed by atoms with Crippen molar-refractivity contribution in [1.82, 2.24) is 0 Å². The van der Waals surface area contributed by atoms with Crippen LogP contribution in [-0.2, 0) is 4.79 Å². The van der Waals surface area contributed by atoms with Gasteiger partial charge in [0.25, 0.3) is 5.69 Å². The van der Waals surface area contributed by atoms with Gasteiger partial charge in [-0.1, -0.05) is 6.08 Å². The molecule has 24 heavy (non-hydrogen) atoms. The molecule has 7 heteroatoms. The molecule has 0 N–H and O–H groups in total. The van der Waals surface area contributed by atoms with Gasteiger partial charge in [-0.15, -0.1) is 11.6 Å². The normalized spacial score (nSPS) is 10.5. The number of ketones is 1. The molecular weight excluding hydrogens is 334 g/mol. The zero-order valence-corrected chi connectivity index (χ0v) is 13.1. The number of carbonyl (C=O) groups excluding carboxylic acids is 2. The number of nitro benzene ring substituents is 1. The molecule has 0 aromatic heterocycles. The number of hydrogen-bond donors (Lipinski definition) is 0. The van der Waals surface area contributed by atoms with Crippen molar-refractivity contribution in [2.75, 3.05) is 5.88 Å². The van der Waals surface area contributed by atoms with Crippen LogP contribution < -0.4 is 4.74 Å². The monoisotopic (exact) mass is 345 g/mol. The molecule has 2 rings (SSSR count). The molecule has 0 aliphatic carbocycles. The second kappa shape index (κ2) is 8.03. The minimum Gasteiger partial charge on any atom is -0.426 e. The van der Waals surface area contributed by atoms with Gasteiger partial charge in [0.05, 0.1) is 4.92 Å². The summed E-state index contributed by atoms with van der Waals surface area (Å²) < 4.78 is 4.90. The molecular formula is C17H12ClNO5. The van der Waals surface area contributed by atoms with Crippen molar-refractivity contribution >= 4 is 35.1 Å². The third-order valence-corrected chi connectivity index (χ3v) is 3.23. The fourth-order valence-corrected chi connectivity index (χ4v) is 1.88. The molecule has 0 saturated carbocycles. The first-order valence-corrected chi connectivity index (χ1v) is 7.36. The number of non-ortho nitro benzene ring substituents is 1. The largest absolute Gasteiger partial charge is 0.426 e. The summed E-state index contributed by atoms with van der Waals surface area (Å²) in [7, 11) is 0. The minimum atomic E-state index is -0.575. The highest BCUT2D eigenvalue weighted by atomic mass is 35.5. The van der Waals surface area contributed by atoms with Crippen LogP contribution in [-0.4, -0.2) is 22.6 Å². The van der Waals surface area contributed by atoms with Crippen LogP contribution in [0.2, 0.25) is 0 Å². The summed E-state index contributed by atoms with van der Waals surface area (Å²) >= 11 is 5.34. The molecule has 0 atom stereocenters. The lowest BCUT2D eigenvalue weighted by molar-refractivity contribution is -0.384. The van der Waals surface area contributed by atoms with Gasteiger partial charge in [0.15, 0.2) is 5.78 Å². The molecule has 0 aliphatic rings. The van der Waals surface area contributed by atoms with E-state index in [1.807, 2.05) is 0 Å². The number of allylic oxidation sites excluding steroid dienone is 1. The summed E-state index contributed by atoms with van der Waals surface area (Å²) in [5.74, 6) is -0.771. The third-order valence-electron chi connectivity index (χ3n) is 3.01. The Hall–Kier alpha value is -2.99. The summed E-state index contributed by atoms with van der Waals surface area (Å²) in [6, 6.07) is 11.9. The SMILES string of the molecule is O=C(CCl)Oc1ccc(C(=O)/C=C/c2ccc([N+](=O)[O-])cc2)cc1. The predicted molar refractivity (Wildman–Crippen MR) is 89.3 cm³/mol. The number of rotatable bonds is 6. The van der Waals surface area contributed by atoms with Crippen molar-refractivity contribution < 1.29 is 19.2 Å². The number of alkyl halides is 1. The van der Waals surface area contributed by atoms with Crippen LogP contribution in [0.1, 0.15) is 15.9 Å². The molecule has 0 fully saturated rings. The molecule has 0 radical (unpaired) electrons. The number of hydrogen-bond acceptors (Lipinski definition) is 5. The van der Waals surface area contributed by atoms with Gasteiger partial charge in [0.2, 0.25) is 0 Å². The molecule has 0 bridgehead atoms. The summed E-state index contributed by atoms with van der Waals surface area (Å²) in [5.41, 5.74) is 1.07. The number of carbonyl (C=O) groups is 2. The maximum absolute atomic E-state index is 12.1. The quantitative estimate of drug-likeness (QED) is 0.152. The average molecular weight is 346 g/mol. The van der Waals surface area contributed by atoms with Gasteiger partial charge in [-0.05, 0) is 48.0 Å². The molecule has 0 aliphatic heterocycles. The number of halogens is 1. The lowest BCUT2D eigenvalue weighted by atomic mass is 10.1. The average Bonchev–Trinajstić information content (AvgIpc) is 2.60. The van der Waals surface area contributed by atoms with E-state index in [9.17, 15) is 19.7 Å². The predicted octanol–water partition coefficient (Wildman–Crippen LogP) is 3.64. The maximum Gasteiger partial charge on any atom is 0.326 e. The molecule has 122 valence electrons. The van der Waals surface area contributed by atoms with E-state index in [0.29, 0.717) is 16.9 Å². The first-order chi connectivity index (χ1) is 11.5. The van der Waals surface area contributed by atoms with Crippen molar-refractivity contribution in [3.8, 4) is 5.75 Å². The maximum atomic E-state index is 12.1. The topological polar surface area (TPSA) is 86.5 Å². The number of benzene rings is 2. The smallest absolute Gasteiger partial charge is 0.326 e. The molecule has 2 aromatic carbocycles. The highest BCUT2D eigenvalue weighted by Crippen LogP contribution is 2.15. The number of ether oxygens (including phenoxy) is 1. The summed E-state index contributed by atoms with van der Waals surface area (Å²) in [5, 5.41) is 10.6. The summed E-state index contributed by atoms with van der Waals surface area (Å²) in [6.45, 7) is 0. The molecule has 0 unspecified atom stereocenters. The summed E-state index contributed by atoms with van der Waals surface area (Å²) in [4.78, 5) is 33.2.